The largest absolute Gasteiger partial charge is 0.310 e. The van der Waals surface area contributed by atoms with E-state index in [4.69, 9.17) is 0 Å². The van der Waals surface area contributed by atoms with Crippen molar-refractivity contribution < 1.29 is 9.18 Å². The molecule has 0 fully saturated rings. The van der Waals surface area contributed by atoms with E-state index in [0.717, 1.165) is 5.69 Å². The maximum Gasteiger partial charge on any atom is 0.229 e. The Balaban J connectivity index is 1.49. The molecule has 0 unspecified atom stereocenters. The number of anilines is 1. The summed E-state index contributed by atoms with van der Waals surface area (Å²) in [5, 5.41) is 12.5. The van der Waals surface area contributed by atoms with E-state index in [1.54, 1.807) is 33.8 Å². The number of para-hydroxylation sites is 1. The van der Waals surface area contributed by atoms with Gasteiger partial charge in [-0.1, -0.05) is 30.3 Å². The zero-order chi connectivity index (χ0) is 22.1. The first kappa shape index (κ1) is 19.6. The molecule has 3 aromatic heterocycles. The predicted molar refractivity (Wildman–Crippen MR) is 117 cm³/mol. The molecule has 0 radical (unpaired) electrons. The number of aromatic nitrogens is 6. The van der Waals surface area contributed by atoms with E-state index in [2.05, 4.69) is 25.5 Å². The van der Waals surface area contributed by atoms with Crippen LogP contribution < -0.4 is 5.32 Å². The minimum Gasteiger partial charge on any atom is -0.310 e. The Labute approximate surface area is 182 Å². The van der Waals surface area contributed by atoms with Crippen molar-refractivity contribution in [2.75, 3.05) is 5.32 Å². The Kier molecular flexibility index (Phi) is 4.91. The van der Waals surface area contributed by atoms with E-state index < -0.39 is 0 Å². The van der Waals surface area contributed by atoms with Gasteiger partial charge in [0.25, 0.3) is 0 Å². The maximum atomic E-state index is 13.1. The number of halogens is 1. The summed E-state index contributed by atoms with van der Waals surface area (Å²) in [7, 11) is 0. The zero-order valence-corrected chi connectivity index (χ0v) is 17.1. The van der Waals surface area contributed by atoms with Crippen LogP contribution >= 0.6 is 0 Å². The molecular formula is C23H18FN7O. The number of hydrogen-bond donors (Lipinski definition) is 1. The molecule has 32 heavy (non-hydrogen) atoms. The Morgan fingerprint density at radius 2 is 1.81 bits per heavy atom. The lowest BCUT2D eigenvalue weighted by atomic mass is 10.1. The summed E-state index contributed by atoms with van der Waals surface area (Å²) in [6.45, 7) is 1.83. The van der Waals surface area contributed by atoms with E-state index in [-0.39, 0.29) is 18.1 Å². The molecule has 1 amide bonds. The third-order valence-corrected chi connectivity index (χ3v) is 4.92. The van der Waals surface area contributed by atoms with Gasteiger partial charge in [-0.15, -0.1) is 0 Å². The number of hydrogen-bond acceptors (Lipinski definition) is 5. The van der Waals surface area contributed by atoms with Gasteiger partial charge in [-0.25, -0.2) is 19.0 Å². The molecule has 0 aliphatic carbocycles. The minimum absolute atomic E-state index is 0.107. The Morgan fingerprint density at radius 3 is 2.59 bits per heavy atom. The van der Waals surface area contributed by atoms with Gasteiger partial charge >= 0.3 is 0 Å². The summed E-state index contributed by atoms with van der Waals surface area (Å²) in [5.74, 6) is 0.388. The Bertz CT molecular complexity index is 1410. The average molecular weight is 427 g/mol. The second-order valence-corrected chi connectivity index (χ2v) is 7.26. The maximum absolute atomic E-state index is 13.1. The van der Waals surface area contributed by atoms with Crippen LogP contribution in [0.25, 0.3) is 22.5 Å². The number of nitrogens with one attached hydrogen (secondary N) is 1. The van der Waals surface area contributed by atoms with Gasteiger partial charge < -0.3 is 5.32 Å². The molecule has 5 rings (SSSR count). The fraction of sp³-hybridized carbons (Fsp3) is 0.0870. The fourth-order valence-corrected chi connectivity index (χ4v) is 3.48. The third kappa shape index (κ3) is 3.71. The number of carbonyl (C=O) groups is 1. The summed E-state index contributed by atoms with van der Waals surface area (Å²) < 4.78 is 16.4. The summed E-state index contributed by atoms with van der Waals surface area (Å²) in [5.41, 5.74) is 2.92. The van der Waals surface area contributed by atoms with Gasteiger partial charge in [-0.2, -0.15) is 14.9 Å². The molecule has 0 spiro atoms. The number of aryl methyl sites for hydroxylation is 1. The van der Waals surface area contributed by atoms with Crippen LogP contribution in [0.2, 0.25) is 0 Å². The van der Waals surface area contributed by atoms with Crippen molar-refractivity contribution in [2.45, 2.75) is 13.3 Å². The highest BCUT2D eigenvalue weighted by atomic mass is 19.1. The van der Waals surface area contributed by atoms with E-state index in [9.17, 15) is 9.18 Å². The molecule has 0 saturated heterocycles. The highest BCUT2D eigenvalue weighted by molar-refractivity contribution is 5.92. The summed E-state index contributed by atoms with van der Waals surface area (Å²) in [6, 6.07) is 17.3. The van der Waals surface area contributed by atoms with Crippen LogP contribution in [0.5, 0.6) is 0 Å². The van der Waals surface area contributed by atoms with E-state index in [1.165, 1.54) is 18.5 Å². The van der Waals surface area contributed by atoms with Crippen LogP contribution in [0.1, 0.15) is 11.3 Å². The SMILES string of the molecule is Cc1cc(NC(=O)Cc2ccc(F)cc2)n(-c2ncnc3c2cnn3-c2ccccc2)n1. The smallest absolute Gasteiger partial charge is 0.229 e. The molecule has 5 aromatic rings. The van der Waals surface area contributed by atoms with Gasteiger partial charge in [0.2, 0.25) is 5.91 Å². The zero-order valence-electron chi connectivity index (χ0n) is 17.1. The van der Waals surface area contributed by atoms with E-state index in [1.807, 2.05) is 37.3 Å². The predicted octanol–water partition coefficient (Wildman–Crippen LogP) is 3.63. The lowest BCUT2D eigenvalue weighted by Gasteiger charge is -2.09. The Morgan fingerprint density at radius 1 is 1.03 bits per heavy atom. The minimum atomic E-state index is -0.341. The van der Waals surface area contributed by atoms with Crippen molar-refractivity contribution in [3.63, 3.8) is 0 Å². The molecule has 8 nitrogen and oxygen atoms in total. The van der Waals surface area contributed by atoms with Crippen molar-refractivity contribution in [3.8, 4) is 11.5 Å². The van der Waals surface area contributed by atoms with Crippen molar-refractivity contribution in [1.29, 1.82) is 0 Å². The second-order valence-electron chi connectivity index (χ2n) is 7.26. The van der Waals surface area contributed by atoms with Crippen LogP contribution in [0.4, 0.5) is 10.2 Å². The first-order chi connectivity index (χ1) is 15.6. The van der Waals surface area contributed by atoms with Crippen LogP contribution in [-0.4, -0.2) is 35.4 Å². The van der Waals surface area contributed by atoms with Gasteiger partial charge in [0, 0.05) is 6.07 Å². The van der Waals surface area contributed by atoms with Crippen LogP contribution in [-0.2, 0) is 11.2 Å². The molecule has 0 aliphatic rings. The molecule has 158 valence electrons. The topological polar surface area (TPSA) is 90.5 Å². The first-order valence-corrected chi connectivity index (χ1v) is 9.94. The summed E-state index contributed by atoms with van der Waals surface area (Å²) >= 11 is 0. The van der Waals surface area contributed by atoms with Crippen LogP contribution in [0, 0.1) is 12.7 Å². The molecule has 2 aromatic carbocycles. The number of benzene rings is 2. The lowest BCUT2D eigenvalue weighted by molar-refractivity contribution is -0.115. The molecule has 0 bridgehead atoms. The highest BCUT2D eigenvalue weighted by Crippen LogP contribution is 2.24. The summed E-state index contributed by atoms with van der Waals surface area (Å²) in [6.07, 6.45) is 3.23. The number of rotatable bonds is 5. The van der Waals surface area contributed by atoms with E-state index in [0.29, 0.717) is 33.9 Å². The monoisotopic (exact) mass is 427 g/mol. The lowest BCUT2D eigenvalue weighted by Crippen LogP contribution is -2.17. The first-order valence-electron chi connectivity index (χ1n) is 9.94. The van der Waals surface area contributed by atoms with Crippen molar-refractivity contribution in [3.05, 3.63) is 90.3 Å². The van der Waals surface area contributed by atoms with Crippen LogP contribution in [0.3, 0.4) is 0 Å². The van der Waals surface area contributed by atoms with Crippen molar-refractivity contribution >= 4 is 22.8 Å². The van der Waals surface area contributed by atoms with Gasteiger partial charge in [0.15, 0.2) is 11.5 Å². The second kappa shape index (κ2) is 8.03. The van der Waals surface area contributed by atoms with Gasteiger partial charge in [0.05, 0.1) is 29.4 Å². The van der Waals surface area contributed by atoms with Crippen molar-refractivity contribution in [1.82, 2.24) is 29.5 Å². The molecular weight excluding hydrogens is 409 g/mol. The molecule has 0 atom stereocenters. The number of amides is 1. The van der Waals surface area contributed by atoms with Crippen LogP contribution in [0.15, 0.2) is 73.2 Å². The quantitative estimate of drug-likeness (QED) is 0.463. The number of carbonyl (C=O) groups excluding carboxylic acids is 1. The normalized spacial score (nSPS) is 11.1. The number of fused-ring (bicyclic) bond motifs is 1. The standard InChI is InChI=1S/C23H18FN7O/c1-15-11-20(28-21(32)12-16-7-9-17(24)10-8-16)31(29-15)23-19-13-27-30(22(19)25-14-26-23)18-5-3-2-4-6-18/h2-11,13-14H,12H2,1H3,(H,28,32). The Hall–Kier alpha value is -4.40. The van der Waals surface area contributed by atoms with Gasteiger partial charge in [-0.05, 0) is 36.8 Å². The fourth-order valence-electron chi connectivity index (χ4n) is 3.48. The highest BCUT2D eigenvalue weighted by Gasteiger charge is 2.17. The molecule has 0 aliphatic heterocycles. The average Bonchev–Trinajstić information content (AvgIpc) is 3.39. The molecule has 0 saturated carbocycles. The molecule has 1 N–H and O–H groups in total. The molecule has 3 heterocycles. The third-order valence-electron chi connectivity index (χ3n) is 4.92. The van der Waals surface area contributed by atoms with Gasteiger partial charge in [-0.3, -0.25) is 4.79 Å². The van der Waals surface area contributed by atoms with Gasteiger partial charge in [0.1, 0.15) is 18.0 Å². The summed E-state index contributed by atoms with van der Waals surface area (Å²) in [4.78, 5) is 21.4. The number of nitrogens with zero attached hydrogens (tertiary/aromatic N) is 6. The molecule has 9 heteroatoms. The van der Waals surface area contributed by atoms with Crippen molar-refractivity contribution in [2.24, 2.45) is 0 Å². The van der Waals surface area contributed by atoms with E-state index >= 15 is 0 Å².